The molecule has 6 nitrogen and oxygen atoms in total. The number of hydrogen-bond acceptors (Lipinski definition) is 4. The summed E-state index contributed by atoms with van der Waals surface area (Å²) in [6.45, 7) is 2.38. The highest BCUT2D eigenvalue weighted by molar-refractivity contribution is 7.89. The highest BCUT2D eigenvalue weighted by Gasteiger charge is 2.35. The standard InChI is InChI=1S/C10H16ClN3O3S/c1-7-3-4-14(5-8(7)15)18(16,17)10-9(11)13(2)6-12-10/h6-8,15H,3-5H2,1-2H3. The Hall–Kier alpha value is -0.630. The van der Waals surface area contributed by atoms with Crippen LogP contribution in [0.5, 0.6) is 0 Å². The van der Waals surface area contributed by atoms with Crippen LogP contribution >= 0.6 is 11.6 Å². The summed E-state index contributed by atoms with van der Waals surface area (Å²) in [5.74, 6) is 0.107. The third kappa shape index (κ3) is 2.27. The van der Waals surface area contributed by atoms with Crippen molar-refractivity contribution in [2.24, 2.45) is 13.0 Å². The van der Waals surface area contributed by atoms with E-state index in [-0.39, 0.29) is 22.6 Å². The Labute approximate surface area is 111 Å². The molecule has 1 aromatic heterocycles. The number of nitrogens with zero attached hydrogens (tertiary/aromatic N) is 3. The molecular weight excluding hydrogens is 278 g/mol. The molecule has 0 aliphatic carbocycles. The molecule has 1 fully saturated rings. The predicted molar refractivity (Wildman–Crippen MR) is 66.8 cm³/mol. The normalized spacial score (nSPS) is 26.4. The van der Waals surface area contributed by atoms with E-state index in [2.05, 4.69) is 4.98 Å². The zero-order chi connectivity index (χ0) is 13.5. The molecule has 0 radical (unpaired) electrons. The minimum atomic E-state index is -3.72. The number of halogens is 1. The van der Waals surface area contributed by atoms with Gasteiger partial charge in [-0.25, -0.2) is 13.4 Å². The minimum absolute atomic E-state index is 0.0862. The van der Waals surface area contributed by atoms with Crippen LogP contribution in [0.3, 0.4) is 0 Å². The lowest BCUT2D eigenvalue weighted by Gasteiger charge is -2.32. The van der Waals surface area contributed by atoms with Gasteiger partial charge in [-0.1, -0.05) is 18.5 Å². The second kappa shape index (κ2) is 4.80. The van der Waals surface area contributed by atoms with Crippen molar-refractivity contribution in [3.63, 3.8) is 0 Å². The van der Waals surface area contributed by atoms with Crippen LogP contribution in [0.2, 0.25) is 5.15 Å². The van der Waals surface area contributed by atoms with Gasteiger partial charge in [-0.3, -0.25) is 0 Å². The molecule has 1 saturated heterocycles. The van der Waals surface area contributed by atoms with Gasteiger partial charge in [0.2, 0.25) is 5.03 Å². The van der Waals surface area contributed by atoms with E-state index in [1.165, 1.54) is 15.2 Å². The molecule has 8 heteroatoms. The van der Waals surface area contributed by atoms with Crippen LogP contribution < -0.4 is 0 Å². The van der Waals surface area contributed by atoms with E-state index < -0.39 is 16.1 Å². The fourth-order valence-electron chi connectivity index (χ4n) is 1.93. The number of rotatable bonds is 2. The van der Waals surface area contributed by atoms with Gasteiger partial charge in [0, 0.05) is 20.1 Å². The summed E-state index contributed by atoms with van der Waals surface area (Å²) in [5, 5.41) is 9.71. The summed E-state index contributed by atoms with van der Waals surface area (Å²) in [5.41, 5.74) is 0. The molecule has 102 valence electrons. The molecule has 0 amide bonds. The summed E-state index contributed by atoms with van der Waals surface area (Å²) in [7, 11) is -2.09. The Balaban J connectivity index is 2.30. The fraction of sp³-hybridized carbons (Fsp3) is 0.700. The van der Waals surface area contributed by atoms with Crippen LogP contribution in [0.4, 0.5) is 0 Å². The highest BCUT2D eigenvalue weighted by atomic mass is 35.5. The Bertz CT molecular complexity index is 543. The molecule has 1 aliphatic rings. The SMILES string of the molecule is CC1CCN(S(=O)(=O)c2ncn(C)c2Cl)CC1O. The van der Waals surface area contributed by atoms with Gasteiger partial charge in [-0.2, -0.15) is 4.31 Å². The van der Waals surface area contributed by atoms with Crippen molar-refractivity contribution in [2.45, 2.75) is 24.5 Å². The third-order valence-electron chi connectivity index (χ3n) is 3.30. The Morgan fingerprint density at radius 2 is 2.22 bits per heavy atom. The summed E-state index contributed by atoms with van der Waals surface area (Å²) in [6, 6.07) is 0. The van der Waals surface area contributed by atoms with Crippen LogP contribution in [-0.2, 0) is 17.1 Å². The number of hydrogen-bond donors (Lipinski definition) is 1. The van der Waals surface area contributed by atoms with E-state index in [0.29, 0.717) is 13.0 Å². The monoisotopic (exact) mass is 293 g/mol. The molecular formula is C10H16ClN3O3S. The lowest BCUT2D eigenvalue weighted by Crippen LogP contribution is -2.45. The molecule has 1 N–H and O–H groups in total. The van der Waals surface area contributed by atoms with Crippen LogP contribution in [0.15, 0.2) is 11.4 Å². The minimum Gasteiger partial charge on any atom is -0.391 e. The molecule has 2 rings (SSSR count). The first kappa shape index (κ1) is 13.8. The number of aliphatic hydroxyl groups is 1. The molecule has 2 heterocycles. The lowest BCUT2D eigenvalue weighted by atomic mass is 9.98. The smallest absolute Gasteiger partial charge is 0.263 e. The van der Waals surface area contributed by atoms with Crippen LogP contribution in [-0.4, -0.2) is 46.6 Å². The van der Waals surface area contributed by atoms with E-state index in [1.807, 2.05) is 6.92 Å². The van der Waals surface area contributed by atoms with E-state index in [9.17, 15) is 13.5 Å². The number of aryl methyl sites for hydroxylation is 1. The molecule has 2 atom stereocenters. The Kier molecular flexibility index (Phi) is 3.68. The van der Waals surface area contributed by atoms with Gasteiger partial charge < -0.3 is 9.67 Å². The van der Waals surface area contributed by atoms with Crippen molar-refractivity contribution in [3.05, 3.63) is 11.5 Å². The zero-order valence-electron chi connectivity index (χ0n) is 10.2. The zero-order valence-corrected chi connectivity index (χ0v) is 11.8. The molecule has 18 heavy (non-hydrogen) atoms. The first-order valence-electron chi connectivity index (χ1n) is 5.69. The van der Waals surface area contributed by atoms with Crippen molar-refractivity contribution in [1.29, 1.82) is 0 Å². The predicted octanol–water partition coefficient (Wildman–Crippen LogP) is 0.465. The Morgan fingerprint density at radius 1 is 1.56 bits per heavy atom. The van der Waals surface area contributed by atoms with Gasteiger partial charge in [0.05, 0.1) is 12.4 Å². The molecule has 0 saturated carbocycles. The maximum atomic E-state index is 12.3. The van der Waals surface area contributed by atoms with Gasteiger partial charge in [-0.05, 0) is 12.3 Å². The summed E-state index contributed by atoms with van der Waals surface area (Å²) in [6.07, 6.45) is 1.35. The number of β-amino-alcohol motifs (C(OH)–C–C–N with tert-alkyl or cyclic N) is 1. The van der Waals surface area contributed by atoms with Gasteiger partial charge in [0.25, 0.3) is 10.0 Å². The van der Waals surface area contributed by atoms with Gasteiger partial charge in [0.1, 0.15) is 5.15 Å². The Morgan fingerprint density at radius 3 is 2.72 bits per heavy atom. The average Bonchev–Trinajstić information content (AvgIpc) is 2.64. The number of imidazole rings is 1. The van der Waals surface area contributed by atoms with E-state index in [0.717, 1.165) is 0 Å². The average molecular weight is 294 g/mol. The quantitative estimate of drug-likeness (QED) is 0.860. The number of piperidine rings is 1. The number of aliphatic hydroxyl groups excluding tert-OH is 1. The number of aromatic nitrogens is 2. The van der Waals surface area contributed by atoms with Crippen molar-refractivity contribution < 1.29 is 13.5 Å². The third-order valence-corrected chi connectivity index (χ3v) is 5.66. The molecule has 0 aromatic carbocycles. The molecule has 1 aliphatic heterocycles. The van der Waals surface area contributed by atoms with Crippen molar-refractivity contribution in [2.75, 3.05) is 13.1 Å². The second-order valence-corrected chi connectivity index (χ2v) is 6.86. The maximum Gasteiger partial charge on any atom is 0.263 e. The lowest BCUT2D eigenvalue weighted by molar-refractivity contribution is 0.0604. The van der Waals surface area contributed by atoms with Crippen molar-refractivity contribution >= 4 is 21.6 Å². The first-order chi connectivity index (χ1) is 8.34. The van der Waals surface area contributed by atoms with Crippen LogP contribution in [0.1, 0.15) is 13.3 Å². The van der Waals surface area contributed by atoms with Gasteiger partial charge in [0.15, 0.2) is 0 Å². The number of sulfonamides is 1. The topological polar surface area (TPSA) is 75.4 Å². The van der Waals surface area contributed by atoms with E-state index in [4.69, 9.17) is 11.6 Å². The van der Waals surface area contributed by atoms with E-state index in [1.54, 1.807) is 7.05 Å². The van der Waals surface area contributed by atoms with Crippen LogP contribution in [0, 0.1) is 5.92 Å². The summed E-state index contributed by atoms with van der Waals surface area (Å²) >= 11 is 5.91. The van der Waals surface area contributed by atoms with Gasteiger partial charge in [-0.15, -0.1) is 0 Å². The fourth-order valence-corrected chi connectivity index (χ4v) is 3.79. The largest absolute Gasteiger partial charge is 0.391 e. The summed E-state index contributed by atoms with van der Waals surface area (Å²) < 4.78 is 27.3. The van der Waals surface area contributed by atoms with Gasteiger partial charge >= 0.3 is 0 Å². The maximum absolute atomic E-state index is 12.3. The highest BCUT2D eigenvalue weighted by Crippen LogP contribution is 2.26. The second-order valence-electron chi connectivity index (χ2n) is 4.65. The van der Waals surface area contributed by atoms with Crippen molar-refractivity contribution in [1.82, 2.24) is 13.9 Å². The molecule has 2 unspecified atom stereocenters. The van der Waals surface area contributed by atoms with Crippen molar-refractivity contribution in [3.8, 4) is 0 Å². The first-order valence-corrected chi connectivity index (χ1v) is 7.51. The van der Waals surface area contributed by atoms with Crippen LogP contribution in [0.25, 0.3) is 0 Å². The summed E-state index contributed by atoms with van der Waals surface area (Å²) in [4.78, 5) is 3.83. The van der Waals surface area contributed by atoms with E-state index >= 15 is 0 Å². The molecule has 0 bridgehead atoms. The molecule has 1 aromatic rings. The molecule has 0 spiro atoms.